The number of aromatic nitrogens is 1. The summed E-state index contributed by atoms with van der Waals surface area (Å²) >= 11 is 1.38. The van der Waals surface area contributed by atoms with E-state index in [0.29, 0.717) is 10.9 Å². The fourth-order valence-corrected chi connectivity index (χ4v) is 1.80. The molecular weight excluding hydrogens is 236 g/mol. The van der Waals surface area contributed by atoms with Crippen LogP contribution in [0.4, 0.5) is 5.13 Å². The molecule has 17 heavy (non-hydrogen) atoms. The van der Waals surface area contributed by atoms with Crippen molar-refractivity contribution in [1.82, 2.24) is 4.98 Å². The predicted molar refractivity (Wildman–Crippen MR) is 67.9 cm³/mol. The van der Waals surface area contributed by atoms with Crippen LogP contribution in [-0.4, -0.2) is 10.9 Å². The van der Waals surface area contributed by atoms with Crippen LogP contribution in [0, 0.1) is 0 Å². The third-order valence-electron chi connectivity index (χ3n) is 2.09. The van der Waals surface area contributed by atoms with Gasteiger partial charge in [-0.15, -0.1) is 11.3 Å². The van der Waals surface area contributed by atoms with E-state index in [2.05, 4.69) is 10.3 Å². The van der Waals surface area contributed by atoms with Crippen molar-refractivity contribution in [2.24, 2.45) is 0 Å². The Bertz CT molecular complexity index is 514. The Morgan fingerprint density at radius 3 is 3.12 bits per heavy atom. The molecule has 2 aromatic heterocycles. The van der Waals surface area contributed by atoms with Crippen LogP contribution >= 0.6 is 11.3 Å². The second-order valence-electron chi connectivity index (χ2n) is 3.32. The lowest BCUT2D eigenvalue weighted by molar-refractivity contribution is -0.111. The molecule has 0 bridgehead atoms. The van der Waals surface area contributed by atoms with Crippen molar-refractivity contribution in [1.29, 1.82) is 0 Å². The number of hydrogen-bond acceptors (Lipinski definition) is 4. The van der Waals surface area contributed by atoms with Crippen LogP contribution < -0.4 is 5.32 Å². The lowest BCUT2D eigenvalue weighted by Gasteiger charge is -1.94. The quantitative estimate of drug-likeness (QED) is 0.846. The van der Waals surface area contributed by atoms with E-state index in [9.17, 15) is 4.79 Å². The standard InChI is InChI=1S/C12H12N2O2S/c1-2-9-3-4-10(16-9)5-6-11(15)14-12-13-7-8-17-12/h3-8H,2H2,1H3,(H,13,14,15)/b6-5+. The summed E-state index contributed by atoms with van der Waals surface area (Å²) in [6, 6.07) is 3.74. The van der Waals surface area contributed by atoms with Gasteiger partial charge in [-0.05, 0) is 18.2 Å². The number of nitrogens with zero attached hydrogens (tertiary/aromatic N) is 1. The number of carbonyl (C=O) groups excluding carboxylic acids is 1. The molecule has 0 aliphatic carbocycles. The molecule has 0 saturated heterocycles. The SMILES string of the molecule is CCc1ccc(/C=C/C(=O)Nc2nccs2)o1. The number of hydrogen-bond donors (Lipinski definition) is 1. The maximum absolute atomic E-state index is 11.5. The van der Waals surface area contributed by atoms with Crippen LogP contribution in [0.15, 0.2) is 34.2 Å². The normalized spacial score (nSPS) is 10.9. The second kappa shape index (κ2) is 5.45. The third kappa shape index (κ3) is 3.29. The average molecular weight is 248 g/mol. The highest BCUT2D eigenvalue weighted by molar-refractivity contribution is 7.13. The number of furan rings is 1. The summed E-state index contributed by atoms with van der Waals surface area (Å²) in [5, 5.41) is 5.05. The van der Waals surface area contributed by atoms with Gasteiger partial charge < -0.3 is 4.42 Å². The van der Waals surface area contributed by atoms with E-state index in [1.54, 1.807) is 17.7 Å². The van der Waals surface area contributed by atoms with E-state index < -0.39 is 0 Å². The Morgan fingerprint density at radius 2 is 2.47 bits per heavy atom. The Kier molecular flexibility index (Phi) is 3.72. The van der Waals surface area contributed by atoms with Crippen molar-refractivity contribution in [3.05, 3.63) is 41.3 Å². The number of amides is 1. The minimum absolute atomic E-state index is 0.214. The highest BCUT2D eigenvalue weighted by Gasteiger charge is 2.00. The summed E-state index contributed by atoms with van der Waals surface area (Å²) in [5.41, 5.74) is 0. The van der Waals surface area contributed by atoms with Gasteiger partial charge in [0.1, 0.15) is 11.5 Å². The van der Waals surface area contributed by atoms with Crippen molar-refractivity contribution in [3.8, 4) is 0 Å². The smallest absolute Gasteiger partial charge is 0.250 e. The van der Waals surface area contributed by atoms with Crippen LogP contribution in [-0.2, 0) is 11.2 Å². The van der Waals surface area contributed by atoms with Gasteiger partial charge >= 0.3 is 0 Å². The molecule has 2 heterocycles. The van der Waals surface area contributed by atoms with Gasteiger partial charge in [-0.25, -0.2) is 4.98 Å². The zero-order valence-electron chi connectivity index (χ0n) is 9.34. The molecule has 0 spiro atoms. The predicted octanol–water partition coefficient (Wildman–Crippen LogP) is 2.95. The molecule has 0 aromatic carbocycles. The Balaban J connectivity index is 1.93. The fraction of sp³-hybridized carbons (Fsp3) is 0.167. The van der Waals surface area contributed by atoms with Gasteiger partial charge in [-0.3, -0.25) is 10.1 Å². The van der Waals surface area contributed by atoms with Crippen LogP contribution in [0.2, 0.25) is 0 Å². The molecule has 0 aliphatic rings. The van der Waals surface area contributed by atoms with Gasteiger partial charge in [0, 0.05) is 24.1 Å². The molecule has 0 saturated carbocycles. The first-order valence-electron chi connectivity index (χ1n) is 5.25. The Hall–Kier alpha value is -1.88. The van der Waals surface area contributed by atoms with Crippen molar-refractivity contribution >= 4 is 28.5 Å². The van der Waals surface area contributed by atoms with Crippen LogP contribution in [0.25, 0.3) is 6.08 Å². The van der Waals surface area contributed by atoms with Gasteiger partial charge in [0.2, 0.25) is 5.91 Å². The molecule has 4 nitrogen and oxygen atoms in total. The van der Waals surface area contributed by atoms with Gasteiger partial charge in [0.05, 0.1) is 0 Å². The molecule has 0 radical (unpaired) electrons. The first-order chi connectivity index (χ1) is 8.28. The Labute approximate surface area is 103 Å². The van der Waals surface area contributed by atoms with E-state index in [1.807, 2.05) is 19.1 Å². The molecule has 88 valence electrons. The van der Waals surface area contributed by atoms with Gasteiger partial charge in [-0.2, -0.15) is 0 Å². The first kappa shape index (κ1) is 11.6. The monoisotopic (exact) mass is 248 g/mol. The topological polar surface area (TPSA) is 55.1 Å². The lowest BCUT2D eigenvalue weighted by atomic mass is 10.3. The van der Waals surface area contributed by atoms with E-state index >= 15 is 0 Å². The molecule has 0 aliphatic heterocycles. The second-order valence-corrected chi connectivity index (χ2v) is 4.21. The van der Waals surface area contributed by atoms with Crippen molar-refractivity contribution < 1.29 is 9.21 Å². The maximum atomic E-state index is 11.5. The molecular formula is C12H12N2O2S. The van der Waals surface area contributed by atoms with Crippen LogP contribution in [0.1, 0.15) is 18.4 Å². The highest BCUT2D eigenvalue weighted by Crippen LogP contribution is 2.12. The summed E-state index contributed by atoms with van der Waals surface area (Å²) in [7, 11) is 0. The molecule has 0 atom stereocenters. The fourth-order valence-electron chi connectivity index (χ4n) is 1.26. The Morgan fingerprint density at radius 1 is 1.59 bits per heavy atom. The van der Waals surface area contributed by atoms with Crippen molar-refractivity contribution in [3.63, 3.8) is 0 Å². The van der Waals surface area contributed by atoms with E-state index in [4.69, 9.17) is 4.42 Å². The van der Waals surface area contributed by atoms with Gasteiger partial charge in [0.25, 0.3) is 0 Å². The summed E-state index contributed by atoms with van der Waals surface area (Å²) in [6.45, 7) is 2.02. The number of rotatable bonds is 4. The zero-order chi connectivity index (χ0) is 12.1. The zero-order valence-corrected chi connectivity index (χ0v) is 10.2. The first-order valence-corrected chi connectivity index (χ1v) is 6.13. The molecule has 1 amide bonds. The number of anilines is 1. The van der Waals surface area contributed by atoms with Crippen molar-refractivity contribution in [2.45, 2.75) is 13.3 Å². The average Bonchev–Trinajstić information content (AvgIpc) is 2.96. The number of nitrogens with one attached hydrogen (secondary N) is 1. The van der Waals surface area contributed by atoms with Gasteiger partial charge in [-0.1, -0.05) is 6.92 Å². The number of thiazole rings is 1. The molecule has 1 N–H and O–H groups in total. The number of aryl methyl sites for hydroxylation is 1. The largest absolute Gasteiger partial charge is 0.462 e. The minimum Gasteiger partial charge on any atom is -0.462 e. The summed E-state index contributed by atoms with van der Waals surface area (Å²) in [6.07, 6.45) is 5.56. The minimum atomic E-state index is -0.214. The maximum Gasteiger partial charge on any atom is 0.250 e. The summed E-state index contributed by atoms with van der Waals surface area (Å²) < 4.78 is 5.44. The van der Waals surface area contributed by atoms with E-state index in [0.717, 1.165) is 12.2 Å². The molecule has 0 unspecified atom stereocenters. The van der Waals surface area contributed by atoms with Crippen molar-refractivity contribution in [2.75, 3.05) is 5.32 Å². The van der Waals surface area contributed by atoms with E-state index in [-0.39, 0.29) is 5.91 Å². The molecule has 2 rings (SSSR count). The number of carbonyl (C=O) groups is 1. The molecule has 5 heteroatoms. The third-order valence-corrected chi connectivity index (χ3v) is 2.78. The molecule has 0 fully saturated rings. The lowest BCUT2D eigenvalue weighted by Crippen LogP contribution is -2.06. The van der Waals surface area contributed by atoms with Crippen LogP contribution in [0.3, 0.4) is 0 Å². The summed E-state index contributed by atoms with van der Waals surface area (Å²) in [4.78, 5) is 15.4. The van der Waals surface area contributed by atoms with Gasteiger partial charge in [0.15, 0.2) is 5.13 Å². The summed E-state index contributed by atoms with van der Waals surface area (Å²) in [5.74, 6) is 1.37. The van der Waals surface area contributed by atoms with E-state index in [1.165, 1.54) is 17.4 Å². The van der Waals surface area contributed by atoms with Crippen LogP contribution in [0.5, 0.6) is 0 Å². The molecule has 2 aromatic rings. The highest BCUT2D eigenvalue weighted by atomic mass is 32.1.